The first kappa shape index (κ1) is 14.5. The molecule has 6 nitrogen and oxygen atoms in total. The average Bonchev–Trinajstić information content (AvgIpc) is 2.29. The molecule has 0 saturated carbocycles. The summed E-state index contributed by atoms with van der Waals surface area (Å²) in [6.45, 7) is 0. The molecule has 0 saturated heterocycles. The van der Waals surface area contributed by atoms with Crippen molar-refractivity contribution < 1.29 is 27.9 Å². The quantitative estimate of drug-likeness (QED) is 0.640. The Bertz CT molecular complexity index is 590. The van der Waals surface area contributed by atoms with Crippen molar-refractivity contribution in [3.8, 4) is 0 Å². The Hall–Kier alpha value is -1.54. The SMILES string of the molecule is COC(=O)S(=O)(=O)c1cc(S)ccc1CC(=O)O. The van der Waals surface area contributed by atoms with E-state index < -0.39 is 32.4 Å². The largest absolute Gasteiger partial charge is 0.481 e. The van der Waals surface area contributed by atoms with Crippen LogP contribution in [0.15, 0.2) is 28.0 Å². The molecule has 1 aromatic carbocycles. The van der Waals surface area contributed by atoms with Gasteiger partial charge in [0.15, 0.2) is 0 Å². The lowest BCUT2D eigenvalue weighted by Gasteiger charge is -2.08. The van der Waals surface area contributed by atoms with E-state index in [1.807, 2.05) is 0 Å². The van der Waals surface area contributed by atoms with Gasteiger partial charge >= 0.3 is 11.3 Å². The van der Waals surface area contributed by atoms with Gasteiger partial charge in [-0.2, -0.15) is 0 Å². The normalized spacial score (nSPS) is 11.0. The van der Waals surface area contributed by atoms with Gasteiger partial charge in [0.2, 0.25) is 0 Å². The molecule has 0 amide bonds. The number of thiol groups is 1. The maximum absolute atomic E-state index is 11.8. The van der Waals surface area contributed by atoms with Crippen molar-refractivity contribution in [2.45, 2.75) is 16.2 Å². The third-order valence-corrected chi connectivity index (χ3v) is 3.91. The Morgan fingerprint density at radius 1 is 1.39 bits per heavy atom. The summed E-state index contributed by atoms with van der Waals surface area (Å²) in [6, 6.07) is 3.86. The van der Waals surface area contributed by atoms with Crippen LogP contribution in [0.1, 0.15) is 5.56 Å². The number of hydrogen-bond acceptors (Lipinski definition) is 6. The van der Waals surface area contributed by atoms with Gasteiger partial charge in [-0.25, -0.2) is 13.2 Å². The van der Waals surface area contributed by atoms with Crippen LogP contribution in [0.4, 0.5) is 4.79 Å². The number of carboxylic acid groups (broad SMARTS) is 1. The summed E-state index contributed by atoms with van der Waals surface area (Å²) in [5, 5.41) is 7.26. The molecule has 1 N–H and O–H groups in total. The van der Waals surface area contributed by atoms with Gasteiger partial charge in [-0.05, 0) is 17.7 Å². The molecule has 0 unspecified atom stereocenters. The number of carbonyl (C=O) groups excluding carboxylic acids is 1. The molecule has 1 rings (SSSR count). The zero-order valence-corrected chi connectivity index (χ0v) is 11.0. The number of carboxylic acids is 1. The van der Waals surface area contributed by atoms with E-state index in [-0.39, 0.29) is 5.56 Å². The Morgan fingerprint density at radius 2 is 2.00 bits per heavy atom. The van der Waals surface area contributed by atoms with Gasteiger partial charge in [0.1, 0.15) is 0 Å². The third kappa shape index (κ3) is 3.02. The van der Waals surface area contributed by atoms with Crippen LogP contribution in [0.5, 0.6) is 0 Å². The highest BCUT2D eigenvalue weighted by molar-refractivity contribution is 8.05. The van der Waals surface area contributed by atoms with Crippen LogP contribution in [0.3, 0.4) is 0 Å². The molecule has 0 radical (unpaired) electrons. The van der Waals surface area contributed by atoms with Gasteiger partial charge in [-0.1, -0.05) is 6.07 Å². The highest BCUT2D eigenvalue weighted by Crippen LogP contribution is 2.22. The molecule has 0 aliphatic heterocycles. The lowest BCUT2D eigenvalue weighted by Crippen LogP contribution is -2.17. The van der Waals surface area contributed by atoms with Gasteiger partial charge in [-0.3, -0.25) is 4.79 Å². The lowest BCUT2D eigenvalue weighted by atomic mass is 10.1. The smallest absolute Gasteiger partial charge is 0.429 e. The minimum absolute atomic E-state index is 0.00528. The summed E-state index contributed by atoms with van der Waals surface area (Å²) >= 11 is 3.96. The minimum Gasteiger partial charge on any atom is -0.481 e. The number of carbonyl (C=O) groups is 2. The summed E-state index contributed by atoms with van der Waals surface area (Å²) in [5.74, 6) is -1.21. The second-order valence-electron chi connectivity index (χ2n) is 3.32. The van der Waals surface area contributed by atoms with Gasteiger partial charge < -0.3 is 9.84 Å². The summed E-state index contributed by atoms with van der Waals surface area (Å²) in [7, 11) is -3.43. The molecule has 0 fully saturated rings. The number of benzene rings is 1. The van der Waals surface area contributed by atoms with E-state index in [9.17, 15) is 18.0 Å². The number of aliphatic carboxylic acids is 1. The predicted molar refractivity (Wildman–Crippen MR) is 64.6 cm³/mol. The molecular formula is C10H10O6S2. The predicted octanol–water partition coefficient (Wildman–Crippen LogP) is 1.14. The van der Waals surface area contributed by atoms with Gasteiger partial charge in [-0.15, -0.1) is 12.6 Å². The highest BCUT2D eigenvalue weighted by atomic mass is 32.2. The molecule has 98 valence electrons. The van der Waals surface area contributed by atoms with Crippen molar-refractivity contribution in [3.05, 3.63) is 23.8 Å². The van der Waals surface area contributed by atoms with Gasteiger partial charge in [0.25, 0.3) is 9.84 Å². The minimum atomic E-state index is -4.36. The van der Waals surface area contributed by atoms with Crippen molar-refractivity contribution in [2.24, 2.45) is 0 Å². The second-order valence-corrected chi connectivity index (χ2v) is 5.62. The molecule has 0 aliphatic carbocycles. The van der Waals surface area contributed by atoms with E-state index in [2.05, 4.69) is 17.4 Å². The Kier molecular flexibility index (Phi) is 4.36. The maximum atomic E-state index is 11.8. The van der Waals surface area contributed by atoms with Crippen molar-refractivity contribution in [2.75, 3.05) is 7.11 Å². The van der Waals surface area contributed by atoms with E-state index in [1.165, 1.54) is 12.1 Å². The first-order valence-corrected chi connectivity index (χ1v) is 6.58. The molecular weight excluding hydrogens is 280 g/mol. The van der Waals surface area contributed by atoms with Crippen LogP contribution in [0, 0.1) is 0 Å². The van der Waals surface area contributed by atoms with Gasteiger partial charge in [0, 0.05) is 4.90 Å². The fourth-order valence-electron chi connectivity index (χ4n) is 1.30. The third-order valence-electron chi connectivity index (χ3n) is 2.07. The second kappa shape index (κ2) is 5.40. The van der Waals surface area contributed by atoms with E-state index in [4.69, 9.17) is 5.11 Å². The van der Waals surface area contributed by atoms with Crippen molar-refractivity contribution >= 4 is 33.7 Å². The molecule has 18 heavy (non-hydrogen) atoms. The molecule has 1 aromatic rings. The number of rotatable bonds is 3. The highest BCUT2D eigenvalue weighted by Gasteiger charge is 2.29. The van der Waals surface area contributed by atoms with Crippen LogP contribution in [0.25, 0.3) is 0 Å². The first-order chi connectivity index (χ1) is 8.28. The van der Waals surface area contributed by atoms with Crippen LogP contribution in [-0.2, 0) is 25.8 Å². The molecule has 0 aromatic heterocycles. The molecule has 8 heteroatoms. The van der Waals surface area contributed by atoms with Crippen LogP contribution in [-0.4, -0.2) is 31.9 Å². The monoisotopic (exact) mass is 290 g/mol. The summed E-state index contributed by atoms with van der Waals surface area (Å²) in [4.78, 5) is 21.7. The van der Waals surface area contributed by atoms with E-state index in [0.717, 1.165) is 13.2 Å². The Morgan fingerprint density at radius 3 is 2.50 bits per heavy atom. The number of methoxy groups -OCH3 is 1. The summed E-state index contributed by atoms with van der Waals surface area (Å²) < 4.78 is 27.8. The number of hydrogen-bond donors (Lipinski definition) is 2. The zero-order chi connectivity index (χ0) is 13.9. The summed E-state index contributed by atoms with van der Waals surface area (Å²) in [6.07, 6.45) is -0.514. The molecule has 0 heterocycles. The topological polar surface area (TPSA) is 97.7 Å². The average molecular weight is 290 g/mol. The van der Waals surface area contributed by atoms with Crippen LogP contribution in [0.2, 0.25) is 0 Å². The number of sulfone groups is 1. The number of ether oxygens (including phenoxy) is 1. The zero-order valence-electron chi connectivity index (χ0n) is 9.28. The molecule has 0 bridgehead atoms. The van der Waals surface area contributed by atoms with Crippen LogP contribution < -0.4 is 0 Å². The van der Waals surface area contributed by atoms with Crippen LogP contribution >= 0.6 is 12.6 Å². The Labute approximate surface area is 109 Å². The lowest BCUT2D eigenvalue weighted by molar-refractivity contribution is -0.136. The first-order valence-electron chi connectivity index (χ1n) is 4.65. The maximum Gasteiger partial charge on any atom is 0.429 e. The summed E-state index contributed by atoms with van der Waals surface area (Å²) in [5.41, 5.74) is 0.00528. The fraction of sp³-hybridized carbons (Fsp3) is 0.200. The Balaban J connectivity index is 3.42. The molecule has 0 aliphatic rings. The van der Waals surface area contributed by atoms with Gasteiger partial charge in [0.05, 0.1) is 18.4 Å². The van der Waals surface area contributed by atoms with Crippen molar-refractivity contribution in [3.63, 3.8) is 0 Å². The van der Waals surface area contributed by atoms with E-state index in [1.54, 1.807) is 0 Å². The molecule has 0 atom stereocenters. The fourth-order valence-corrected chi connectivity index (χ4v) is 2.76. The van der Waals surface area contributed by atoms with E-state index in [0.29, 0.717) is 4.90 Å². The van der Waals surface area contributed by atoms with E-state index >= 15 is 0 Å². The van der Waals surface area contributed by atoms with Crippen molar-refractivity contribution in [1.82, 2.24) is 0 Å². The van der Waals surface area contributed by atoms with Crippen molar-refractivity contribution in [1.29, 1.82) is 0 Å². The molecule has 0 spiro atoms. The standard InChI is InChI=1S/C10H10O6S2/c1-16-10(13)18(14,15)8-5-7(17)3-2-6(8)4-9(11)12/h2-3,5,17H,4H2,1H3,(H,11,12).